The number of halogens is 3. The molecule has 0 radical (unpaired) electrons. The monoisotopic (exact) mass is 628 g/mol. The highest BCUT2D eigenvalue weighted by atomic mass is 35.5. The Bertz CT molecular complexity index is 1400. The van der Waals surface area contributed by atoms with Crippen LogP contribution in [0.1, 0.15) is 70.8 Å². The number of rotatable bonds is 5. The molecule has 1 aromatic carbocycles. The van der Waals surface area contributed by atoms with Crippen molar-refractivity contribution >= 4 is 17.5 Å². The van der Waals surface area contributed by atoms with Gasteiger partial charge in [-0.3, -0.25) is 4.79 Å². The van der Waals surface area contributed by atoms with Gasteiger partial charge in [0.15, 0.2) is 0 Å². The number of benzene rings is 1. The van der Waals surface area contributed by atoms with E-state index in [1.807, 2.05) is 31.7 Å². The summed E-state index contributed by atoms with van der Waals surface area (Å²) in [7, 11) is 2.10. The summed E-state index contributed by atoms with van der Waals surface area (Å²) in [5.41, 5.74) is 0.353. The zero-order chi connectivity index (χ0) is 31.4. The molecule has 1 aliphatic carbocycles. The lowest BCUT2D eigenvalue weighted by Crippen LogP contribution is -2.53. The van der Waals surface area contributed by atoms with Crippen molar-refractivity contribution in [3.63, 3.8) is 0 Å². The van der Waals surface area contributed by atoms with Crippen molar-refractivity contribution in [3.05, 3.63) is 57.8 Å². The Labute approximate surface area is 264 Å². The summed E-state index contributed by atoms with van der Waals surface area (Å²) in [6.45, 7) is 8.47. The minimum Gasteiger partial charge on any atom is -0.381 e. The molecule has 2 saturated heterocycles. The smallest absolute Gasteiger partial charge is 0.231 e. The molecule has 1 aromatic rings. The Kier molecular flexibility index (Phi) is 8.70. The highest BCUT2D eigenvalue weighted by Crippen LogP contribution is 2.54. The van der Waals surface area contributed by atoms with Crippen LogP contribution in [0.15, 0.2) is 40.6 Å². The van der Waals surface area contributed by atoms with Gasteiger partial charge in [-0.2, -0.15) is 5.26 Å². The van der Waals surface area contributed by atoms with E-state index in [2.05, 4.69) is 23.3 Å². The number of carbonyl (C=O) groups excluding carboxylic acids is 1. The van der Waals surface area contributed by atoms with Gasteiger partial charge in [-0.05, 0) is 103 Å². The van der Waals surface area contributed by atoms with Gasteiger partial charge in [-0.15, -0.1) is 0 Å². The van der Waals surface area contributed by atoms with Crippen LogP contribution in [0.4, 0.5) is 8.78 Å². The van der Waals surface area contributed by atoms with Crippen LogP contribution in [0.2, 0.25) is 0 Å². The van der Waals surface area contributed by atoms with Crippen molar-refractivity contribution in [2.24, 2.45) is 11.3 Å². The average molecular weight is 629 g/mol. The summed E-state index contributed by atoms with van der Waals surface area (Å²) in [6, 6.07) is 6.02. The Morgan fingerprint density at radius 1 is 1.18 bits per heavy atom. The van der Waals surface area contributed by atoms with Crippen molar-refractivity contribution in [2.45, 2.75) is 95.0 Å². The lowest BCUT2D eigenvalue weighted by atomic mass is 9.79. The number of hydrogen-bond donors (Lipinski definition) is 1. The number of carbonyl (C=O) groups is 1. The number of nitriles is 1. The number of amides is 1. The van der Waals surface area contributed by atoms with Crippen molar-refractivity contribution in [2.75, 3.05) is 33.4 Å². The van der Waals surface area contributed by atoms with Crippen molar-refractivity contribution < 1.29 is 23.0 Å². The molecule has 5 aliphatic rings. The van der Waals surface area contributed by atoms with Gasteiger partial charge in [0.1, 0.15) is 23.3 Å². The third-order valence-electron chi connectivity index (χ3n) is 10.8. The molecule has 0 aromatic heterocycles. The lowest BCUT2D eigenvalue weighted by Gasteiger charge is -2.44. The van der Waals surface area contributed by atoms with Gasteiger partial charge in [-0.25, -0.2) is 8.78 Å². The third-order valence-corrected chi connectivity index (χ3v) is 11.2. The molecule has 1 spiro atoms. The van der Waals surface area contributed by atoms with E-state index < -0.39 is 46.6 Å². The van der Waals surface area contributed by atoms with Crippen molar-refractivity contribution in [3.8, 4) is 6.07 Å². The van der Waals surface area contributed by atoms with Crippen LogP contribution in [-0.4, -0.2) is 78.9 Å². The zero-order valence-corrected chi connectivity index (χ0v) is 26.8. The number of ether oxygens (including phenoxy) is 2. The van der Waals surface area contributed by atoms with Gasteiger partial charge in [0.2, 0.25) is 5.91 Å². The van der Waals surface area contributed by atoms with Gasteiger partial charge in [0, 0.05) is 47.9 Å². The third kappa shape index (κ3) is 5.41. The van der Waals surface area contributed by atoms with E-state index in [0.717, 1.165) is 43.3 Å². The maximum atomic E-state index is 15.4. The molecule has 1 N–H and O–H groups in total. The highest BCUT2D eigenvalue weighted by Gasteiger charge is 2.57. The first-order chi connectivity index (χ1) is 21.0. The molecule has 3 fully saturated rings. The number of nitrogens with one attached hydrogen (secondary N) is 1. The number of piperidine rings is 1. The quantitative estimate of drug-likeness (QED) is 0.457. The summed E-state index contributed by atoms with van der Waals surface area (Å²) in [6.07, 6.45) is 5.60. The largest absolute Gasteiger partial charge is 0.381 e. The van der Waals surface area contributed by atoms with Crippen LogP contribution in [0, 0.1) is 34.3 Å². The molecule has 1 saturated carbocycles. The van der Waals surface area contributed by atoms with E-state index in [0.29, 0.717) is 55.5 Å². The molecule has 5 atom stereocenters. The molecule has 10 heteroatoms. The fraction of sp³-hybridized carbons (Fsp3) is 0.647. The Morgan fingerprint density at radius 3 is 2.55 bits per heavy atom. The Morgan fingerprint density at radius 2 is 1.89 bits per heavy atom. The maximum absolute atomic E-state index is 15.4. The highest BCUT2D eigenvalue weighted by molar-refractivity contribution is 6.30. The standard InChI is InChI=1S/C34H43ClF2N4O3/c1-20-28(35)18-27-30(34(9-11-39-12-10-34)44-31(27)33(2,3)19-38)41(20)32(42)26-17-23(40(4)22-7-13-43-14-8-22)16-25(26)24-6-5-21(36)15-29(24)37/h5-6,15,18,20,22-23,25-26,31,39H,7-14,16-17H2,1-4H3/t20?,23?,25-,26+,31?/m0/s1. The van der Waals surface area contributed by atoms with E-state index in [1.54, 1.807) is 0 Å². The summed E-state index contributed by atoms with van der Waals surface area (Å²) >= 11 is 6.90. The van der Waals surface area contributed by atoms with E-state index >= 15 is 9.18 Å². The molecule has 44 heavy (non-hydrogen) atoms. The second-order valence-electron chi connectivity index (χ2n) is 13.8. The average Bonchev–Trinajstić information content (AvgIpc) is 3.58. The lowest BCUT2D eigenvalue weighted by molar-refractivity contribution is -0.139. The van der Waals surface area contributed by atoms with Gasteiger partial charge in [0.25, 0.3) is 0 Å². The first-order valence-corrected chi connectivity index (χ1v) is 16.3. The maximum Gasteiger partial charge on any atom is 0.231 e. The summed E-state index contributed by atoms with van der Waals surface area (Å²) < 4.78 is 41.9. The minimum absolute atomic E-state index is 0.0407. The van der Waals surface area contributed by atoms with Crippen molar-refractivity contribution in [1.82, 2.24) is 15.1 Å². The van der Waals surface area contributed by atoms with Gasteiger partial charge in [-0.1, -0.05) is 17.7 Å². The van der Waals surface area contributed by atoms with Crippen LogP contribution in [0.5, 0.6) is 0 Å². The first-order valence-electron chi connectivity index (χ1n) is 16.0. The second kappa shape index (κ2) is 12.1. The normalized spacial score (nSPS) is 30.9. The minimum atomic E-state index is -0.859. The second-order valence-corrected chi connectivity index (χ2v) is 14.2. The van der Waals surface area contributed by atoms with Crippen LogP contribution < -0.4 is 5.32 Å². The predicted molar refractivity (Wildman–Crippen MR) is 164 cm³/mol. The molecular weight excluding hydrogens is 586 g/mol. The predicted octanol–water partition coefficient (Wildman–Crippen LogP) is 5.62. The van der Waals surface area contributed by atoms with E-state index in [1.165, 1.54) is 12.1 Å². The molecule has 6 rings (SSSR count). The van der Waals surface area contributed by atoms with Crippen LogP contribution >= 0.6 is 11.6 Å². The molecular formula is C34H43ClF2N4O3. The summed E-state index contributed by atoms with van der Waals surface area (Å²) in [5.74, 6) is -2.37. The molecule has 0 bridgehead atoms. The fourth-order valence-corrected chi connectivity index (χ4v) is 8.45. The van der Waals surface area contributed by atoms with E-state index in [9.17, 15) is 9.65 Å². The van der Waals surface area contributed by atoms with Crippen LogP contribution in [-0.2, 0) is 14.3 Å². The van der Waals surface area contributed by atoms with E-state index in [-0.39, 0.29) is 11.9 Å². The van der Waals surface area contributed by atoms with Crippen LogP contribution in [0.3, 0.4) is 0 Å². The molecule has 4 heterocycles. The topological polar surface area (TPSA) is 77.8 Å². The van der Waals surface area contributed by atoms with Gasteiger partial charge >= 0.3 is 0 Å². The molecule has 238 valence electrons. The SMILES string of the molecule is CC1C(Cl)=CC2=C(N1C(=O)[C@@H]1CC(N(C)C3CCOCC3)C[C@H]1c1ccc(F)cc1F)C1(CCNCC1)OC2C(C)(C)C#N. The number of fused-ring (bicyclic) bond motifs is 1. The van der Waals surface area contributed by atoms with Gasteiger partial charge < -0.3 is 24.6 Å². The molecule has 4 aliphatic heterocycles. The number of nitrogens with zero attached hydrogens (tertiary/aromatic N) is 3. The summed E-state index contributed by atoms with van der Waals surface area (Å²) in [4.78, 5) is 19.3. The van der Waals surface area contributed by atoms with Crippen molar-refractivity contribution in [1.29, 1.82) is 5.26 Å². The fourth-order valence-electron chi connectivity index (χ4n) is 8.23. The number of hydrogen-bond acceptors (Lipinski definition) is 6. The molecule has 1 amide bonds. The van der Waals surface area contributed by atoms with Crippen LogP contribution in [0.25, 0.3) is 0 Å². The van der Waals surface area contributed by atoms with Gasteiger partial charge in [0.05, 0.1) is 23.2 Å². The zero-order valence-electron chi connectivity index (χ0n) is 26.0. The Hall–Kier alpha value is -2.35. The Balaban J connectivity index is 1.42. The molecule has 7 nitrogen and oxygen atoms in total. The molecule has 3 unspecified atom stereocenters. The van der Waals surface area contributed by atoms with E-state index in [4.69, 9.17) is 21.1 Å². The summed E-state index contributed by atoms with van der Waals surface area (Å²) in [5, 5.41) is 14.0. The first kappa shape index (κ1) is 31.6.